The Balaban J connectivity index is 2.43. The number of rotatable bonds is 2. The summed E-state index contributed by atoms with van der Waals surface area (Å²) in [5, 5.41) is 2.52. The second-order valence-electron chi connectivity index (χ2n) is 4.25. The van der Waals surface area contributed by atoms with Crippen LogP contribution in [0.4, 0.5) is 13.2 Å². The molecule has 0 spiro atoms. The van der Waals surface area contributed by atoms with Gasteiger partial charge in [-0.2, -0.15) is 13.2 Å². The molecule has 1 unspecified atom stereocenters. The molecule has 1 aliphatic heterocycles. The molecule has 0 radical (unpaired) electrons. The van der Waals surface area contributed by atoms with Crippen LogP contribution < -0.4 is 16.8 Å². The molecule has 9 heteroatoms. The number of alkyl halides is 3. The number of hydrogen-bond acceptors (Lipinski definition) is 6. The predicted molar refractivity (Wildman–Crippen MR) is 70.9 cm³/mol. The van der Waals surface area contributed by atoms with Crippen LogP contribution in [0.15, 0.2) is 28.2 Å². The number of hydrogen-bond donors (Lipinski definition) is 3. The molecule has 0 saturated heterocycles. The van der Waals surface area contributed by atoms with Gasteiger partial charge in [0.05, 0.1) is 6.42 Å². The molecule has 0 bridgehead atoms. The monoisotopic (exact) mass is 296 g/mol. The Labute approximate surface area is 118 Å². The van der Waals surface area contributed by atoms with Crippen molar-refractivity contribution >= 4 is 11.8 Å². The Morgan fingerprint density at radius 2 is 2.05 bits per heavy atom. The van der Waals surface area contributed by atoms with Gasteiger partial charge in [0.15, 0.2) is 11.8 Å². The van der Waals surface area contributed by atoms with Crippen LogP contribution in [0.1, 0.15) is 17.8 Å². The van der Waals surface area contributed by atoms with Gasteiger partial charge in [-0.3, -0.25) is 5.73 Å². The first-order valence-electron chi connectivity index (χ1n) is 5.73. The second-order valence-corrected chi connectivity index (χ2v) is 4.25. The van der Waals surface area contributed by atoms with E-state index in [0.29, 0.717) is 0 Å². The molecule has 0 amide bonds. The fourth-order valence-corrected chi connectivity index (χ4v) is 1.68. The lowest BCUT2D eigenvalue weighted by molar-refractivity contribution is -0.141. The highest BCUT2D eigenvalue weighted by Crippen LogP contribution is 2.27. The third-order valence-corrected chi connectivity index (χ3v) is 2.51. The van der Waals surface area contributed by atoms with Gasteiger partial charge in [-0.1, -0.05) is 6.07 Å². The van der Waals surface area contributed by atoms with E-state index in [1.807, 2.05) is 0 Å². The molecule has 0 saturated carbocycles. The summed E-state index contributed by atoms with van der Waals surface area (Å²) in [6, 6.07) is 3.40. The molecule has 21 heavy (non-hydrogen) atoms. The molecule has 0 aromatic carbocycles. The van der Waals surface area contributed by atoms with Crippen LogP contribution >= 0.6 is 0 Å². The lowest BCUT2D eigenvalue weighted by Gasteiger charge is -2.25. The topological polar surface area (TPSA) is 102 Å². The lowest BCUT2D eigenvalue weighted by Crippen LogP contribution is -2.50. The van der Waals surface area contributed by atoms with Crippen LogP contribution in [-0.2, 0) is 6.18 Å². The molecule has 1 aliphatic rings. The van der Waals surface area contributed by atoms with E-state index in [1.165, 1.54) is 12.1 Å². The fraction of sp³-hybridized carbons (Fsp3) is 0.250. The van der Waals surface area contributed by atoms with Crippen LogP contribution in [0.2, 0.25) is 0 Å². The number of amidine groups is 1. The number of aromatic nitrogens is 1. The van der Waals surface area contributed by atoms with Crippen molar-refractivity contribution in [3.05, 3.63) is 29.6 Å². The van der Waals surface area contributed by atoms with Crippen LogP contribution in [-0.4, -0.2) is 22.6 Å². The number of aliphatic imine (C=N–C) groups is 2. The number of nitrogens with one attached hydrogen (secondary N) is 1. The van der Waals surface area contributed by atoms with Gasteiger partial charge in [0.25, 0.3) is 0 Å². The molecule has 6 nitrogen and oxygen atoms in total. The minimum Gasteiger partial charge on any atom is -0.370 e. The summed E-state index contributed by atoms with van der Waals surface area (Å²) in [7, 11) is 0. The SMILES string of the molecule is C#CCC1(N)N=C(N)NC(c2cccc(C(F)(F)F)n2)=N1. The van der Waals surface area contributed by atoms with E-state index in [1.54, 1.807) is 0 Å². The zero-order chi connectivity index (χ0) is 15.7. The Morgan fingerprint density at radius 1 is 1.33 bits per heavy atom. The molecule has 1 aromatic rings. The third-order valence-electron chi connectivity index (χ3n) is 2.51. The first-order chi connectivity index (χ1) is 9.73. The van der Waals surface area contributed by atoms with E-state index in [0.717, 1.165) is 6.07 Å². The Morgan fingerprint density at radius 3 is 2.67 bits per heavy atom. The molecule has 1 atom stereocenters. The van der Waals surface area contributed by atoms with E-state index >= 15 is 0 Å². The van der Waals surface area contributed by atoms with Gasteiger partial charge in [-0.05, 0) is 12.1 Å². The van der Waals surface area contributed by atoms with Crippen LogP contribution in [0.3, 0.4) is 0 Å². The van der Waals surface area contributed by atoms with Crippen molar-refractivity contribution in [3.63, 3.8) is 0 Å². The minimum absolute atomic E-state index is 0.0219. The quantitative estimate of drug-likeness (QED) is 0.687. The van der Waals surface area contributed by atoms with E-state index in [4.69, 9.17) is 17.9 Å². The van der Waals surface area contributed by atoms with Crippen molar-refractivity contribution in [2.24, 2.45) is 21.5 Å². The maximum Gasteiger partial charge on any atom is 0.433 e. The van der Waals surface area contributed by atoms with E-state index in [2.05, 4.69) is 26.2 Å². The largest absolute Gasteiger partial charge is 0.433 e. The number of pyridine rings is 1. The first kappa shape index (κ1) is 14.8. The smallest absolute Gasteiger partial charge is 0.370 e. The summed E-state index contributed by atoms with van der Waals surface area (Å²) in [4.78, 5) is 11.3. The lowest BCUT2D eigenvalue weighted by atomic mass is 10.2. The van der Waals surface area contributed by atoms with Gasteiger partial charge in [0.2, 0.25) is 5.79 Å². The average Bonchev–Trinajstić information content (AvgIpc) is 2.36. The number of halogens is 3. The average molecular weight is 296 g/mol. The van der Waals surface area contributed by atoms with Crippen molar-refractivity contribution in [1.29, 1.82) is 0 Å². The molecule has 0 fully saturated rings. The summed E-state index contributed by atoms with van der Waals surface area (Å²) in [6.07, 6.45) is 0.538. The number of guanidine groups is 1. The molecule has 2 heterocycles. The Hall–Kier alpha value is -2.60. The fourth-order valence-electron chi connectivity index (χ4n) is 1.68. The summed E-state index contributed by atoms with van der Waals surface area (Å²) in [5.74, 6) is 0.643. The van der Waals surface area contributed by atoms with Crippen molar-refractivity contribution in [3.8, 4) is 12.3 Å². The molecule has 2 rings (SSSR count). The zero-order valence-electron chi connectivity index (χ0n) is 10.6. The van der Waals surface area contributed by atoms with Gasteiger partial charge >= 0.3 is 6.18 Å². The highest BCUT2D eigenvalue weighted by atomic mass is 19.4. The van der Waals surface area contributed by atoms with Gasteiger partial charge in [-0.15, -0.1) is 12.3 Å². The predicted octanol–water partition coefficient (Wildman–Crippen LogP) is 0.401. The number of nitrogens with zero attached hydrogens (tertiary/aromatic N) is 3. The van der Waals surface area contributed by atoms with Crippen LogP contribution in [0.25, 0.3) is 0 Å². The molecular weight excluding hydrogens is 285 g/mol. The van der Waals surface area contributed by atoms with Gasteiger partial charge in [0, 0.05) is 0 Å². The van der Waals surface area contributed by atoms with E-state index in [9.17, 15) is 13.2 Å². The Kier molecular flexibility index (Phi) is 3.57. The maximum atomic E-state index is 12.7. The van der Waals surface area contributed by atoms with E-state index < -0.39 is 17.7 Å². The molecular formula is C12H11F3N6. The van der Waals surface area contributed by atoms with Gasteiger partial charge in [0.1, 0.15) is 11.4 Å². The van der Waals surface area contributed by atoms with Crippen molar-refractivity contribution < 1.29 is 13.2 Å². The van der Waals surface area contributed by atoms with Gasteiger partial charge in [-0.25, -0.2) is 15.0 Å². The minimum atomic E-state index is -4.57. The molecule has 110 valence electrons. The van der Waals surface area contributed by atoms with Gasteiger partial charge < -0.3 is 11.1 Å². The van der Waals surface area contributed by atoms with Crippen LogP contribution in [0, 0.1) is 12.3 Å². The summed E-state index contributed by atoms with van der Waals surface area (Å²) in [6.45, 7) is 0. The summed E-state index contributed by atoms with van der Waals surface area (Å²) < 4.78 is 38.0. The molecule has 5 N–H and O–H groups in total. The Bertz CT molecular complexity index is 658. The number of nitrogens with two attached hydrogens (primary N) is 2. The zero-order valence-corrected chi connectivity index (χ0v) is 10.6. The molecule has 0 aliphatic carbocycles. The van der Waals surface area contributed by atoms with E-state index in [-0.39, 0.29) is 23.9 Å². The van der Waals surface area contributed by atoms with Crippen LogP contribution in [0.5, 0.6) is 0 Å². The first-order valence-corrected chi connectivity index (χ1v) is 5.73. The molecule has 1 aromatic heterocycles. The summed E-state index contributed by atoms with van der Waals surface area (Å²) >= 11 is 0. The third kappa shape index (κ3) is 3.29. The van der Waals surface area contributed by atoms with Crippen molar-refractivity contribution in [2.45, 2.75) is 18.4 Å². The highest BCUT2D eigenvalue weighted by molar-refractivity contribution is 6.08. The normalized spacial score (nSPS) is 21.9. The van der Waals surface area contributed by atoms with Crippen molar-refractivity contribution in [1.82, 2.24) is 10.3 Å². The standard InChI is InChI=1S/C12H11F3N6/c1-2-6-11(17)20-9(19-10(16)21-11)7-4-3-5-8(18-7)12(13,14)15/h1,3-5H,6,17H2,(H3,16,19,20,21). The highest BCUT2D eigenvalue weighted by Gasteiger charge is 2.34. The second kappa shape index (κ2) is 5.06. The van der Waals surface area contributed by atoms with Crippen molar-refractivity contribution in [2.75, 3.05) is 0 Å². The number of terminal acetylenes is 1. The summed E-state index contributed by atoms with van der Waals surface area (Å²) in [5.41, 5.74) is 10.3. The maximum absolute atomic E-state index is 12.7.